The summed E-state index contributed by atoms with van der Waals surface area (Å²) in [4.78, 5) is 26.8. The van der Waals surface area contributed by atoms with E-state index in [-0.39, 0.29) is 11.8 Å². The van der Waals surface area contributed by atoms with E-state index in [1.165, 1.54) is 11.0 Å². The molecular weight excluding hydrogens is 322 g/mol. The highest BCUT2D eigenvalue weighted by Gasteiger charge is 2.41. The molecule has 0 unspecified atom stereocenters. The van der Waals surface area contributed by atoms with Crippen molar-refractivity contribution >= 4 is 17.5 Å². The number of anilines is 1. The molecule has 4 rings (SSSR count). The number of aromatic nitrogens is 4. The third-order valence-electron chi connectivity index (χ3n) is 4.69. The maximum atomic E-state index is 12.5. The summed E-state index contributed by atoms with van der Waals surface area (Å²) in [7, 11) is 0. The van der Waals surface area contributed by atoms with Gasteiger partial charge < -0.3 is 15.5 Å². The molecule has 2 aromatic rings. The lowest BCUT2D eigenvalue weighted by molar-refractivity contribution is -0.133. The summed E-state index contributed by atoms with van der Waals surface area (Å²) in [5, 5.41) is 17.4. The zero-order valence-corrected chi connectivity index (χ0v) is 13.7. The maximum Gasteiger partial charge on any atom is 0.255 e. The summed E-state index contributed by atoms with van der Waals surface area (Å²) in [5.74, 6) is -0.0678. The van der Waals surface area contributed by atoms with E-state index >= 15 is 0 Å². The standard InChI is InChI=1S/C16H19N7O2/c24-14(6-9-23-11-17-20-21-23)22-8-3-7-16(10-22)18-13-5-2-1-4-12(13)15(25)19-16/h1-2,4-5,11,18H,3,6-10H2,(H,19,25)/t16-/m0/s1. The largest absolute Gasteiger partial charge is 0.361 e. The van der Waals surface area contributed by atoms with Crippen LogP contribution in [0.3, 0.4) is 0 Å². The van der Waals surface area contributed by atoms with E-state index in [1.807, 2.05) is 18.2 Å². The van der Waals surface area contributed by atoms with E-state index in [1.54, 1.807) is 11.0 Å². The predicted molar refractivity (Wildman–Crippen MR) is 88.5 cm³/mol. The number of nitrogens with zero attached hydrogens (tertiary/aromatic N) is 5. The first kappa shape index (κ1) is 15.6. The Morgan fingerprint density at radius 1 is 1.28 bits per heavy atom. The molecule has 0 saturated carbocycles. The Hall–Kier alpha value is -2.97. The van der Waals surface area contributed by atoms with Gasteiger partial charge in [-0.05, 0) is 35.4 Å². The highest BCUT2D eigenvalue weighted by molar-refractivity contribution is 6.02. The van der Waals surface area contributed by atoms with Crippen molar-refractivity contribution in [3.63, 3.8) is 0 Å². The minimum absolute atomic E-state index is 0.0319. The van der Waals surface area contributed by atoms with Gasteiger partial charge in [-0.1, -0.05) is 12.1 Å². The van der Waals surface area contributed by atoms with Gasteiger partial charge in [0.1, 0.15) is 12.0 Å². The number of likely N-dealkylation sites (tertiary alicyclic amines) is 1. The predicted octanol–water partition coefficient (Wildman–Crippen LogP) is 0.237. The van der Waals surface area contributed by atoms with Crippen LogP contribution in [0.4, 0.5) is 5.69 Å². The molecule has 3 heterocycles. The lowest BCUT2D eigenvalue weighted by atomic mass is 9.93. The van der Waals surface area contributed by atoms with Crippen LogP contribution in [0.2, 0.25) is 0 Å². The number of nitrogens with one attached hydrogen (secondary N) is 2. The minimum atomic E-state index is -0.603. The molecule has 0 bridgehead atoms. The van der Waals surface area contributed by atoms with Crippen LogP contribution in [0, 0.1) is 0 Å². The molecule has 2 aliphatic rings. The fourth-order valence-corrected chi connectivity index (χ4v) is 3.49. The topological polar surface area (TPSA) is 105 Å². The second-order valence-electron chi connectivity index (χ2n) is 6.45. The summed E-state index contributed by atoms with van der Waals surface area (Å²) >= 11 is 0. The van der Waals surface area contributed by atoms with Gasteiger partial charge in [-0.3, -0.25) is 9.59 Å². The Kier molecular flexibility index (Phi) is 3.83. The summed E-state index contributed by atoms with van der Waals surface area (Å²) in [6.07, 6.45) is 3.42. The van der Waals surface area contributed by atoms with E-state index < -0.39 is 5.66 Å². The van der Waals surface area contributed by atoms with Gasteiger partial charge in [0.2, 0.25) is 5.91 Å². The highest BCUT2D eigenvalue weighted by Crippen LogP contribution is 2.30. The van der Waals surface area contributed by atoms with Crippen LogP contribution in [-0.4, -0.2) is 55.7 Å². The first-order valence-corrected chi connectivity index (χ1v) is 8.33. The Balaban J connectivity index is 1.46. The van der Waals surface area contributed by atoms with Crippen LogP contribution in [0.15, 0.2) is 30.6 Å². The third-order valence-corrected chi connectivity index (χ3v) is 4.69. The molecule has 0 aliphatic carbocycles. The van der Waals surface area contributed by atoms with E-state index in [4.69, 9.17) is 0 Å². The van der Waals surface area contributed by atoms with Crippen LogP contribution in [0.1, 0.15) is 29.6 Å². The normalized spacial score (nSPS) is 22.2. The van der Waals surface area contributed by atoms with Gasteiger partial charge in [-0.15, -0.1) is 5.10 Å². The van der Waals surface area contributed by atoms with Crippen molar-refractivity contribution in [2.45, 2.75) is 31.5 Å². The maximum absolute atomic E-state index is 12.5. The average molecular weight is 341 g/mol. The van der Waals surface area contributed by atoms with Crippen LogP contribution < -0.4 is 10.6 Å². The fraction of sp³-hybridized carbons (Fsp3) is 0.438. The number of benzene rings is 1. The molecule has 2 N–H and O–H groups in total. The Bertz CT molecular complexity index is 792. The number of carbonyl (C=O) groups excluding carboxylic acids is 2. The number of tetrazole rings is 1. The molecule has 1 aromatic carbocycles. The number of aryl methyl sites for hydroxylation is 1. The molecule has 1 aromatic heterocycles. The molecule has 2 aliphatic heterocycles. The molecule has 25 heavy (non-hydrogen) atoms. The number of carbonyl (C=O) groups is 2. The summed E-state index contributed by atoms with van der Waals surface area (Å²) in [6, 6.07) is 7.43. The van der Waals surface area contributed by atoms with Crippen molar-refractivity contribution < 1.29 is 9.59 Å². The average Bonchev–Trinajstić information content (AvgIpc) is 3.13. The summed E-state index contributed by atoms with van der Waals surface area (Å²) in [5.41, 5.74) is 0.846. The molecule has 1 atom stereocenters. The van der Waals surface area contributed by atoms with Crippen molar-refractivity contribution in [2.24, 2.45) is 0 Å². The Morgan fingerprint density at radius 2 is 2.16 bits per heavy atom. The first-order chi connectivity index (χ1) is 12.2. The minimum Gasteiger partial charge on any atom is -0.361 e. The van der Waals surface area contributed by atoms with Gasteiger partial charge >= 0.3 is 0 Å². The van der Waals surface area contributed by atoms with E-state index in [0.717, 1.165) is 18.5 Å². The zero-order valence-electron chi connectivity index (χ0n) is 13.7. The van der Waals surface area contributed by atoms with Crippen LogP contribution in [0.25, 0.3) is 0 Å². The number of para-hydroxylation sites is 1. The Labute approximate surface area is 144 Å². The van der Waals surface area contributed by atoms with Gasteiger partial charge in [0, 0.05) is 18.7 Å². The second-order valence-corrected chi connectivity index (χ2v) is 6.45. The summed E-state index contributed by atoms with van der Waals surface area (Å²) in [6.45, 7) is 1.58. The first-order valence-electron chi connectivity index (χ1n) is 8.33. The van der Waals surface area contributed by atoms with Gasteiger partial charge in [0.05, 0.1) is 18.7 Å². The molecule has 9 nitrogen and oxygen atoms in total. The van der Waals surface area contributed by atoms with Crippen LogP contribution in [0.5, 0.6) is 0 Å². The van der Waals surface area contributed by atoms with Crippen molar-refractivity contribution in [3.05, 3.63) is 36.2 Å². The molecule has 1 fully saturated rings. The monoisotopic (exact) mass is 341 g/mol. The van der Waals surface area contributed by atoms with Crippen LogP contribution in [-0.2, 0) is 11.3 Å². The van der Waals surface area contributed by atoms with E-state index in [0.29, 0.717) is 31.6 Å². The highest BCUT2D eigenvalue weighted by atomic mass is 16.2. The number of hydrogen-bond acceptors (Lipinski definition) is 6. The van der Waals surface area contributed by atoms with E-state index in [2.05, 4.69) is 26.2 Å². The second kappa shape index (κ2) is 6.15. The smallest absolute Gasteiger partial charge is 0.255 e. The SMILES string of the molecule is O=C1N[C@]2(CCCN(C(=O)CCn3cnnn3)C2)Nc2ccccc21. The van der Waals surface area contributed by atoms with Gasteiger partial charge in [0.25, 0.3) is 5.91 Å². The van der Waals surface area contributed by atoms with E-state index in [9.17, 15) is 9.59 Å². The number of amides is 2. The van der Waals surface area contributed by atoms with Crippen molar-refractivity contribution in [1.29, 1.82) is 0 Å². The quantitative estimate of drug-likeness (QED) is 0.828. The number of hydrogen-bond donors (Lipinski definition) is 2. The molecule has 0 radical (unpaired) electrons. The molecule has 1 saturated heterocycles. The molecule has 1 spiro atoms. The Morgan fingerprint density at radius 3 is 3.00 bits per heavy atom. The fourth-order valence-electron chi connectivity index (χ4n) is 3.49. The number of rotatable bonds is 3. The number of piperidine rings is 1. The third kappa shape index (κ3) is 3.04. The lowest BCUT2D eigenvalue weighted by Gasteiger charge is -2.46. The van der Waals surface area contributed by atoms with Gasteiger partial charge in [-0.25, -0.2) is 4.68 Å². The van der Waals surface area contributed by atoms with Crippen molar-refractivity contribution in [1.82, 2.24) is 30.4 Å². The lowest BCUT2D eigenvalue weighted by Crippen LogP contribution is -2.66. The van der Waals surface area contributed by atoms with Gasteiger partial charge in [0.15, 0.2) is 0 Å². The van der Waals surface area contributed by atoms with Gasteiger partial charge in [-0.2, -0.15) is 0 Å². The van der Waals surface area contributed by atoms with Crippen LogP contribution >= 0.6 is 0 Å². The molecule has 2 amide bonds. The number of fused-ring (bicyclic) bond motifs is 1. The summed E-state index contributed by atoms with van der Waals surface area (Å²) < 4.78 is 1.54. The van der Waals surface area contributed by atoms with Crippen molar-refractivity contribution in [2.75, 3.05) is 18.4 Å². The van der Waals surface area contributed by atoms with Crippen molar-refractivity contribution in [3.8, 4) is 0 Å². The molecular formula is C16H19N7O2. The molecule has 130 valence electrons. The molecule has 9 heteroatoms. The zero-order chi connectivity index (χ0) is 17.3.